The predicted octanol–water partition coefficient (Wildman–Crippen LogP) is 3.25. The molecule has 0 radical (unpaired) electrons. The van der Waals surface area contributed by atoms with E-state index >= 15 is 0 Å². The third-order valence-electron chi connectivity index (χ3n) is 4.24. The number of pyridine rings is 1. The Kier molecular flexibility index (Phi) is 5.58. The average molecular weight is 419 g/mol. The van der Waals surface area contributed by atoms with Crippen LogP contribution in [0.3, 0.4) is 0 Å². The van der Waals surface area contributed by atoms with Crippen LogP contribution in [0, 0.1) is 6.92 Å². The summed E-state index contributed by atoms with van der Waals surface area (Å²) in [7, 11) is -3.81. The van der Waals surface area contributed by atoms with Crippen LogP contribution in [0.15, 0.2) is 41.4 Å². The van der Waals surface area contributed by atoms with Gasteiger partial charge in [-0.25, -0.2) is 13.4 Å². The van der Waals surface area contributed by atoms with Gasteiger partial charge in [-0.1, -0.05) is 12.1 Å². The fourth-order valence-electron chi connectivity index (χ4n) is 3.08. The molecule has 1 aromatic heterocycles. The highest BCUT2D eigenvalue weighted by Gasteiger charge is 2.34. The van der Waals surface area contributed by atoms with Crippen LogP contribution in [0.2, 0.25) is 0 Å². The number of rotatable bonds is 4. The first-order valence-corrected chi connectivity index (χ1v) is 10.9. The van der Waals surface area contributed by atoms with Crippen molar-refractivity contribution in [1.29, 1.82) is 0 Å². The van der Waals surface area contributed by atoms with Crippen molar-refractivity contribution in [3.63, 3.8) is 0 Å². The molecule has 8 heteroatoms. The molecule has 1 aliphatic rings. The van der Waals surface area contributed by atoms with E-state index in [1.807, 2.05) is 13.0 Å². The molecule has 0 amide bonds. The van der Waals surface area contributed by atoms with Crippen molar-refractivity contribution in [3.8, 4) is 5.88 Å². The molecule has 156 valence electrons. The highest BCUT2D eigenvalue weighted by atomic mass is 32.2. The molecule has 0 unspecified atom stereocenters. The van der Waals surface area contributed by atoms with Gasteiger partial charge >= 0.3 is 5.97 Å². The normalized spacial score (nSPS) is 16.7. The molecule has 0 spiro atoms. The number of aryl methyl sites for hydroxylation is 1. The van der Waals surface area contributed by atoms with Gasteiger partial charge in [-0.2, -0.15) is 0 Å². The maximum absolute atomic E-state index is 13.3. The van der Waals surface area contributed by atoms with Gasteiger partial charge in [0.15, 0.2) is 0 Å². The lowest BCUT2D eigenvalue weighted by molar-refractivity contribution is -0.153. The lowest BCUT2D eigenvalue weighted by atomic mass is 10.1. The molecule has 0 saturated heterocycles. The lowest BCUT2D eigenvalue weighted by Crippen LogP contribution is -2.42. The van der Waals surface area contributed by atoms with Crippen LogP contribution in [0.1, 0.15) is 38.8 Å². The summed E-state index contributed by atoms with van der Waals surface area (Å²) in [5.74, 6) is -0.176. The maximum atomic E-state index is 13.3. The zero-order valence-corrected chi connectivity index (χ0v) is 18.1. The zero-order chi connectivity index (χ0) is 21.4. The lowest BCUT2D eigenvalue weighted by Gasteiger charge is -2.33. The number of carbonyl (C=O) groups excluding carboxylic acids is 1. The summed E-state index contributed by atoms with van der Waals surface area (Å²) < 4.78 is 39.0. The fourth-order valence-corrected chi connectivity index (χ4v) is 4.72. The van der Waals surface area contributed by atoms with Crippen molar-refractivity contribution in [2.45, 2.75) is 57.6 Å². The van der Waals surface area contributed by atoms with Crippen LogP contribution < -0.4 is 9.04 Å². The van der Waals surface area contributed by atoms with E-state index < -0.39 is 21.6 Å². The van der Waals surface area contributed by atoms with Gasteiger partial charge in [-0.05, 0) is 63.9 Å². The van der Waals surface area contributed by atoms with Crippen molar-refractivity contribution in [3.05, 3.63) is 47.7 Å². The van der Waals surface area contributed by atoms with E-state index in [-0.39, 0.29) is 29.8 Å². The minimum atomic E-state index is -3.81. The Morgan fingerprint density at radius 1 is 1.31 bits per heavy atom. The standard InChI is InChI=1S/C21H26N2O5S/c1-14-7-6-8-17(9-14)29(25,26)23-13-15(2)27-20-18(23)10-16(12-22-20)11-19(24)28-21(3,4)5/h6-10,12,15H,11,13H2,1-5H3/t15-/m0/s1. The van der Waals surface area contributed by atoms with Gasteiger partial charge in [0.25, 0.3) is 10.0 Å². The summed E-state index contributed by atoms with van der Waals surface area (Å²) in [6.07, 6.45) is 1.15. The Morgan fingerprint density at radius 2 is 2.03 bits per heavy atom. The number of carbonyl (C=O) groups is 1. The monoisotopic (exact) mass is 418 g/mol. The molecule has 2 aromatic rings. The van der Waals surface area contributed by atoms with Gasteiger partial charge in [-0.15, -0.1) is 0 Å². The number of hydrogen-bond donors (Lipinski definition) is 0. The number of esters is 1. The molecular weight excluding hydrogens is 392 g/mol. The quantitative estimate of drug-likeness (QED) is 0.709. The van der Waals surface area contributed by atoms with Crippen LogP contribution in [0.25, 0.3) is 0 Å². The van der Waals surface area contributed by atoms with E-state index in [9.17, 15) is 13.2 Å². The summed E-state index contributed by atoms with van der Waals surface area (Å²) >= 11 is 0. The molecule has 1 atom stereocenters. The van der Waals surface area contributed by atoms with Crippen LogP contribution in [-0.2, 0) is 26.0 Å². The molecule has 0 bridgehead atoms. The molecule has 3 rings (SSSR count). The Hall–Kier alpha value is -2.61. The topological polar surface area (TPSA) is 85.8 Å². The molecule has 0 saturated carbocycles. The fraction of sp³-hybridized carbons (Fsp3) is 0.429. The third kappa shape index (κ3) is 4.87. The van der Waals surface area contributed by atoms with Crippen LogP contribution in [0.5, 0.6) is 5.88 Å². The second-order valence-electron chi connectivity index (χ2n) is 8.21. The minimum absolute atomic E-state index is 0.00850. The van der Waals surface area contributed by atoms with Crippen molar-refractivity contribution in [2.24, 2.45) is 0 Å². The van der Waals surface area contributed by atoms with Crippen LogP contribution >= 0.6 is 0 Å². The van der Waals surface area contributed by atoms with Gasteiger partial charge in [0, 0.05) is 6.20 Å². The van der Waals surface area contributed by atoms with E-state index in [0.29, 0.717) is 11.3 Å². The Bertz CT molecular complexity index is 1030. The number of fused-ring (bicyclic) bond motifs is 1. The molecular formula is C21H26N2O5S. The molecule has 0 aliphatic carbocycles. The van der Waals surface area contributed by atoms with Gasteiger partial charge < -0.3 is 9.47 Å². The highest BCUT2D eigenvalue weighted by Crippen LogP contribution is 2.36. The highest BCUT2D eigenvalue weighted by molar-refractivity contribution is 7.92. The largest absolute Gasteiger partial charge is 0.471 e. The molecule has 29 heavy (non-hydrogen) atoms. The number of ether oxygens (including phenoxy) is 2. The number of benzene rings is 1. The summed E-state index contributed by atoms with van der Waals surface area (Å²) in [6, 6.07) is 8.39. The zero-order valence-electron chi connectivity index (χ0n) is 17.3. The van der Waals surface area contributed by atoms with Crippen LogP contribution in [-0.4, -0.2) is 37.6 Å². The second kappa shape index (κ2) is 7.67. The van der Waals surface area contributed by atoms with Gasteiger partial charge in [0.1, 0.15) is 17.4 Å². The Labute approximate surface area is 171 Å². The van der Waals surface area contributed by atoms with Crippen molar-refractivity contribution >= 4 is 21.7 Å². The number of hydrogen-bond acceptors (Lipinski definition) is 6. The first kappa shape index (κ1) is 21.1. The first-order chi connectivity index (χ1) is 13.5. The van der Waals surface area contributed by atoms with Crippen molar-refractivity contribution < 1.29 is 22.7 Å². The van der Waals surface area contributed by atoms with Crippen molar-refractivity contribution in [2.75, 3.05) is 10.8 Å². The molecule has 0 fully saturated rings. The minimum Gasteiger partial charge on any atom is -0.471 e. The number of aromatic nitrogens is 1. The first-order valence-electron chi connectivity index (χ1n) is 9.42. The van der Waals surface area contributed by atoms with E-state index in [0.717, 1.165) is 5.56 Å². The van der Waals surface area contributed by atoms with Gasteiger partial charge in [-0.3, -0.25) is 9.10 Å². The summed E-state index contributed by atoms with van der Waals surface area (Å²) in [5.41, 5.74) is 1.13. The number of nitrogens with zero attached hydrogens (tertiary/aromatic N) is 2. The van der Waals surface area contributed by atoms with E-state index in [1.165, 1.54) is 10.5 Å². The molecule has 1 aliphatic heterocycles. The number of sulfonamides is 1. The summed E-state index contributed by atoms with van der Waals surface area (Å²) in [5, 5.41) is 0. The average Bonchev–Trinajstić information content (AvgIpc) is 2.59. The molecule has 7 nitrogen and oxygen atoms in total. The molecule has 1 aromatic carbocycles. The van der Waals surface area contributed by atoms with Gasteiger partial charge in [0.2, 0.25) is 5.88 Å². The van der Waals surface area contributed by atoms with E-state index in [2.05, 4.69) is 4.98 Å². The summed E-state index contributed by atoms with van der Waals surface area (Å²) in [6.45, 7) is 9.17. The smallest absolute Gasteiger partial charge is 0.310 e. The SMILES string of the molecule is Cc1cccc(S(=O)(=O)N2C[C@H](C)Oc3ncc(CC(=O)OC(C)(C)C)cc32)c1. The van der Waals surface area contributed by atoms with Gasteiger partial charge in [0.05, 0.1) is 17.9 Å². The Balaban J connectivity index is 1.97. The third-order valence-corrected chi connectivity index (χ3v) is 6.02. The van der Waals surface area contributed by atoms with E-state index in [1.54, 1.807) is 52.0 Å². The van der Waals surface area contributed by atoms with E-state index in [4.69, 9.17) is 9.47 Å². The summed E-state index contributed by atoms with van der Waals surface area (Å²) in [4.78, 5) is 16.6. The molecule has 2 heterocycles. The maximum Gasteiger partial charge on any atom is 0.310 e. The van der Waals surface area contributed by atoms with Crippen LogP contribution in [0.4, 0.5) is 5.69 Å². The van der Waals surface area contributed by atoms with Crippen molar-refractivity contribution in [1.82, 2.24) is 4.98 Å². The predicted molar refractivity (Wildman–Crippen MR) is 110 cm³/mol. The molecule has 0 N–H and O–H groups in total. The Morgan fingerprint density at radius 3 is 2.69 bits per heavy atom. The second-order valence-corrected chi connectivity index (χ2v) is 10.1. The number of anilines is 1.